The van der Waals surface area contributed by atoms with Gasteiger partial charge in [0.2, 0.25) is 6.10 Å². The number of ether oxygens (including phenoxy) is 2. The van der Waals surface area contributed by atoms with Crippen LogP contribution in [0.5, 0.6) is 0 Å². The fraction of sp³-hybridized carbons (Fsp3) is 0.467. The van der Waals surface area contributed by atoms with Crippen LogP contribution in [0, 0.1) is 3.57 Å². The average molecular weight is 665 g/mol. The number of hydrogen-bond donors (Lipinski definition) is 1. The molecule has 0 fully saturated rings. The molecule has 1 aromatic rings. The van der Waals surface area contributed by atoms with E-state index in [2.05, 4.69) is 4.74 Å². The highest BCUT2D eigenvalue weighted by atomic mass is 127. The van der Waals surface area contributed by atoms with E-state index in [0.717, 1.165) is 15.2 Å². The third kappa shape index (κ3) is 8.79. The quantitative estimate of drug-likeness (QED) is 0.216. The molecule has 0 spiro atoms. The first-order valence-corrected chi connectivity index (χ1v) is 11.3. The van der Waals surface area contributed by atoms with Gasteiger partial charge >= 0.3 is 18.2 Å². The molecule has 29 heavy (non-hydrogen) atoms. The molecule has 0 aliphatic rings. The molecule has 0 bridgehead atoms. The third-order valence-electron chi connectivity index (χ3n) is 2.93. The first kappa shape index (κ1) is 26.2. The average Bonchev–Trinajstić information content (AvgIpc) is 2.49. The Morgan fingerprint density at radius 2 is 1.79 bits per heavy atom. The van der Waals surface area contributed by atoms with Crippen LogP contribution in [0.15, 0.2) is 18.2 Å². The summed E-state index contributed by atoms with van der Waals surface area (Å²) in [5.41, 5.74) is -0.756. The maximum atomic E-state index is 12.9. The molecule has 1 rings (SSSR count). The summed E-state index contributed by atoms with van der Waals surface area (Å²) in [6, 6.07) is 3.56. The second kappa shape index (κ2) is 9.51. The van der Waals surface area contributed by atoms with Crippen molar-refractivity contribution >= 4 is 73.3 Å². The van der Waals surface area contributed by atoms with Crippen molar-refractivity contribution in [1.29, 1.82) is 0 Å². The molecule has 8 nitrogen and oxygen atoms in total. The zero-order chi connectivity index (χ0) is 22.8. The van der Waals surface area contributed by atoms with Crippen molar-refractivity contribution in [2.24, 2.45) is 0 Å². The summed E-state index contributed by atoms with van der Waals surface area (Å²) in [5, 5.41) is 0. The fourth-order valence-electron chi connectivity index (χ4n) is 1.78. The summed E-state index contributed by atoms with van der Waals surface area (Å²) >= 11 is 3.42. The van der Waals surface area contributed by atoms with E-state index in [1.165, 1.54) is 6.07 Å². The summed E-state index contributed by atoms with van der Waals surface area (Å²) in [4.78, 5) is 24.1. The normalized spacial score (nSPS) is 13.6. The molecule has 14 heteroatoms. The molecule has 1 atom stereocenters. The van der Waals surface area contributed by atoms with Gasteiger partial charge in [0.05, 0.1) is 34.1 Å². The number of halogens is 5. The Kier molecular flexibility index (Phi) is 8.57. The van der Waals surface area contributed by atoms with Crippen molar-refractivity contribution < 1.29 is 45.2 Å². The summed E-state index contributed by atoms with van der Waals surface area (Å²) < 4.78 is 79.7. The predicted molar refractivity (Wildman–Crippen MR) is 114 cm³/mol. The first-order chi connectivity index (χ1) is 12.9. The number of carbonyl (C=O) groups is 2. The minimum Gasteiger partial charge on any atom is -0.448 e. The van der Waals surface area contributed by atoms with Crippen molar-refractivity contribution in [3.8, 4) is 0 Å². The number of rotatable bonds is 5. The highest BCUT2D eigenvalue weighted by Crippen LogP contribution is 2.30. The summed E-state index contributed by atoms with van der Waals surface area (Å²) in [7, 11) is -5.04. The Hall–Kier alpha value is -0.880. The van der Waals surface area contributed by atoms with Gasteiger partial charge in [-0.15, -0.1) is 0 Å². The molecule has 1 aromatic carbocycles. The van der Waals surface area contributed by atoms with Gasteiger partial charge in [-0.1, -0.05) is 0 Å². The molecular weight excluding hydrogens is 649 g/mol. The number of hydrogen-bond acceptors (Lipinski definition) is 6. The Morgan fingerprint density at radius 3 is 2.21 bits per heavy atom. The molecule has 0 saturated heterocycles. The van der Waals surface area contributed by atoms with Gasteiger partial charge in [-0.3, -0.25) is 4.55 Å². The highest BCUT2D eigenvalue weighted by Gasteiger charge is 2.45. The largest absolute Gasteiger partial charge is 0.448 e. The topological polar surface area (TPSA) is 110 Å². The molecule has 164 valence electrons. The standard InChI is InChI=1S/C15H16F3I2NO7S/c1-14(2,3)28-13(23)21(20)10-5-4-8(6-9(10)19)12(22)27-11(15(16,17)18)7-29(24,25)26/h4-6,11H,7H2,1-3H3,(H,24,25,26). The number of nitrogens with zero attached hydrogens (tertiary/aromatic N) is 1. The van der Waals surface area contributed by atoms with Crippen molar-refractivity contribution in [3.63, 3.8) is 0 Å². The van der Waals surface area contributed by atoms with Gasteiger partial charge in [-0.25, -0.2) is 12.7 Å². The number of anilines is 1. The Morgan fingerprint density at radius 1 is 1.24 bits per heavy atom. The molecule has 1 N–H and O–H groups in total. The van der Waals surface area contributed by atoms with Gasteiger partial charge in [0, 0.05) is 3.57 Å². The molecule has 1 unspecified atom stereocenters. The van der Waals surface area contributed by atoms with Crippen LogP contribution in [0.25, 0.3) is 0 Å². The van der Waals surface area contributed by atoms with Crippen LogP contribution in [0.1, 0.15) is 31.1 Å². The minimum atomic E-state index is -5.20. The lowest BCUT2D eigenvalue weighted by atomic mass is 10.2. The number of carbonyl (C=O) groups excluding carboxylic acids is 2. The Labute approximate surface area is 192 Å². The van der Waals surface area contributed by atoms with Crippen molar-refractivity contribution in [2.45, 2.75) is 38.7 Å². The zero-order valence-corrected chi connectivity index (χ0v) is 20.3. The monoisotopic (exact) mass is 665 g/mol. The Bertz CT molecular complexity index is 885. The van der Waals surface area contributed by atoms with E-state index in [4.69, 9.17) is 9.29 Å². The molecule has 0 aliphatic heterocycles. The van der Waals surface area contributed by atoms with Crippen molar-refractivity contribution in [1.82, 2.24) is 0 Å². The van der Waals surface area contributed by atoms with Crippen LogP contribution in [0.4, 0.5) is 23.7 Å². The van der Waals surface area contributed by atoms with Crippen LogP contribution < -0.4 is 3.11 Å². The molecular formula is C15H16F3I2NO7S. The van der Waals surface area contributed by atoms with Crippen molar-refractivity contribution in [3.05, 3.63) is 27.3 Å². The molecule has 1 amide bonds. The molecule has 0 aliphatic carbocycles. The van der Waals surface area contributed by atoms with Gasteiger partial charge in [0.1, 0.15) is 11.4 Å². The maximum Gasteiger partial charge on any atom is 0.426 e. The molecule has 0 saturated carbocycles. The number of alkyl halides is 3. The highest BCUT2D eigenvalue weighted by molar-refractivity contribution is 14.1. The first-order valence-electron chi connectivity index (χ1n) is 7.62. The molecule has 0 radical (unpaired) electrons. The third-order valence-corrected chi connectivity index (χ3v) is 5.43. The van der Waals surface area contributed by atoms with Gasteiger partial charge in [0.25, 0.3) is 10.1 Å². The maximum absolute atomic E-state index is 12.9. The zero-order valence-electron chi connectivity index (χ0n) is 15.2. The van der Waals surface area contributed by atoms with E-state index >= 15 is 0 Å². The van der Waals surface area contributed by atoms with Crippen LogP contribution in [-0.4, -0.2) is 48.7 Å². The summed E-state index contributed by atoms with van der Waals surface area (Å²) in [5.74, 6) is -3.27. The molecule has 0 heterocycles. The second-order valence-corrected chi connectivity index (χ2v) is 10.2. The predicted octanol–water partition coefficient (Wildman–Crippen LogP) is 4.36. The lowest BCUT2D eigenvalue weighted by Crippen LogP contribution is -2.39. The molecule has 0 aromatic heterocycles. The van der Waals surface area contributed by atoms with Crippen LogP contribution in [0.3, 0.4) is 0 Å². The lowest BCUT2D eigenvalue weighted by Gasteiger charge is -2.24. The van der Waals surface area contributed by atoms with E-state index in [1.807, 2.05) is 0 Å². The summed E-state index contributed by atoms with van der Waals surface area (Å²) in [6.45, 7) is 5.01. The smallest absolute Gasteiger partial charge is 0.426 e. The van der Waals surface area contributed by atoms with Gasteiger partial charge in [-0.05, 0) is 61.6 Å². The van der Waals surface area contributed by atoms with E-state index in [0.29, 0.717) is 9.26 Å². The van der Waals surface area contributed by atoms with E-state index in [-0.39, 0.29) is 5.56 Å². The number of amides is 1. The van der Waals surface area contributed by atoms with Gasteiger partial charge in [0.15, 0.2) is 0 Å². The van der Waals surface area contributed by atoms with Gasteiger partial charge in [-0.2, -0.15) is 21.6 Å². The van der Waals surface area contributed by atoms with E-state index in [9.17, 15) is 31.2 Å². The lowest BCUT2D eigenvalue weighted by molar-refractivity contribution is -0.197. The Balaban J connectivity index is 3.05. The fourth-order valence-corrected chi connectivity index (χ4v) is 4.15. The van der Waals surface area contributed by atoms with Gasteiger partial charge < -0.3 is 9.47 Å². The minimum absolute atomic E-state index is 0.308. The van der Waals surface area contributed by atoms with Crippen molar-refractivity contribution in [2.75, 3.05) is 8.87 Å². The second-order valence-electron chi connectivity index (χ2n) is 6.61. The van der Waals surface area contributed by atoms with E-state index < -0.39 is 45.8 Å². The summed E-state index contributed by atoms with van der Waals surface area (Å²) in [6.07, 6.45) is -8.93. The van der Waals surface area contributed by atoms with E-state index in [1.54, 1.807) is 66.2 Å². The number of esters is 1. The van der Waals surface area contributed by atoms with Crippen LogP contribution in [0.2, 0.25) is 0 Å². The van der Waals surface area contributed by atoms with Crippen LogP contribution >= 0.6 is 45.5 Å². The van der Waals surface area contributed by atoms with Crippen LogP contribution in [-0.2, 0) is 19.6 Å². The number of benzene rings is 1. The SMILES string of the molecule is CC(C)(C)OC(=O)N(I)c1ccc(C(=O)OC(CS(=O)(=O)O)C(F)(F)F)cc1I.